The summed E-state index contributed by atoms with van der Waals surface area (Å²) in [4.78, 5) is 15.6. The highest BCUT2D eigenvalue weighted by molar-refractivity contribution is 5.88. The zero-order valence-corrected chi connectivity index (χ0v) is 9.54. The Hall–Kier alpha value is -2.17. The van der Waals surface area contributed by atoms with Crippen LogP contribution >= 0.6 is 0 Å². The van der Waals surface area contributed by atoms with E-state index in [2.05, 4.69) is 10.1 Å². The molecule has 2 aromatic heterocycles. The zero-order chi connectivity index (χ0) is 12.1. The van der Waals surface area contributed by atoms with Crippen molar-refractivity contribution in [1.29, 1.82) is 0 Å². The Kier molecular flexibility index (Phi) is 3.49. The van der Waals surface area contributed by atoms with Crippen LogP contribution in [0.2, 0.25) is 0 Å². The van der Waals surface area contributed by atoms with Crippen LogP contribution in [0.4, 0.5) is 0 Å². The monoisotopic (exact) mass is 231 g/mol. The Bertz CT molecular complexity index is 493. The number of hydrogen-bond acceptors (Lipinski definition) is 4. The zero-order valence-electron chi connectivity index (χ0n) is 9.54. The van der Waals surface area contributed by atoms with Gasteiger partial charge in [-0.1, -0.05) is 6.07 Å². The van der Waals surface area contributed by atoms with Gasteiger partial charge in [-0.2, -0.15) is 5.10 Å². The molecule has 17 heavy (non-hydrogen) atoms. The molecule has 2 aromatic rings. The summed E-state index contributed by atoms with van der Waals surface area (Å²) in [6.45, 7) is 2.68. The van der Waals surface area contributed by atoms with Crippen molar-refractivity contribution in [2.75, 3.05) is 6.61 Å². The topological polar surface area (TPSA) is 57.0 Å². The molecule has 0 saturated carbocycles. The lowest BCUT2D eigenvalue weighted by Crippen LogP contribution is -2.04. The molecule has 0 aromatic carbocycles. The Morgan fingerprint density at radius 2 is 2.35 bits per heavy atom. The summed E-state index contributed by atoms with van der Waals surface area (Å²) in [5.74, 6) is -0.347. The number of ether oxygens (including phenoxy) is 1. The number of nitrogens with zero attached hydrogens (tertiary/aromatic N) is 3. The first-order valence-corrected chi connectivity index (χ1v) is 5.39. The van der Waals surface area contributed by atoms with Crippen LogP contribution in [0, 0.1) is 0 Å². The number of carbonyl (C=O) groups is 1. The number of hydrogen-bond donors (Lipinski definition) is 0. The summed E-state index contributed by atoms with van der Waals surface area (Å²) < 4.78 is 6.54. The number of aromatic nitrogens is 3. The highest BCUT2D eigenvalue weighted by atomic mass is 16.5. The maximum absolute atomic E-state index is 11.4. The summed E-state index contributed by atoms with van der Waals surface area (Å²) in [5.41, 5.74) is 1.36. The van der Waals surface area contributed by atoms with E-state index in [9.17, 15) is 4.79 Å². The number of carbonyl (C=O) groups excluding carboxylic acids is 1. The largest absolute Gasteiger partial charge is 0.462 e. The number of pyridine rings is 1. The average Bonchev–Trinajstić information content (AvgIpc) is 2.79. The first kappa shape index (κ1) is 11.3. The molecule has 5 nitrogen and oxygen atoms in total. The maximum Gasteiger partial charge on any atom is 0.341 e. The van der Waals surface area contributed by atoms with Gasteiger partial charge in [0.2, 0.25) is 0 Å². The van der Waals surface area contributed by atoms with Crippen molar-refractivity contribution in [3.8, 4) is 0 Å². The van der Waals surface area contributed by atoms with Gasteiger partial charge in [-0.05, 0) is 19.1 Å². The summed E-state index contributed by atoms with van der Waals surface area (Å²) >= 11 is 0. The molecule has 0 N–H and O–H groups in total. The van der Waals surface area contributed by atoms with E-state index in [0.717, 1.165) is 5.69 Å². The van der Waals surface area contributed by atoms with Crippen molar-refractivity contribution in [2.45, 2.75) is 13.5 Å². The average molecular weight is 231 g/mol. The van der Waals surface area contributed by atoms with Crippen molar-refractivity contribution < 1.29 is 9.53 Å². The standard InChI is InChI=1S/C12H13N3O2/c1-2-17-12(16)10-7-14-15(8-10)9-11-5-3-4-6-13-11/h3-8H,2,9H2,1H3. The minimum atomic E-state index is -0.347. The molecule has 0 aliphatic rings. The van der Waals surface area contributed by atoms with Gasteiger partial charge in [0, 0.05) is 12.4 Å². The third-order valence-electron chi connectivity index (χ3n) is 2.19. The minimum absolute atomic E-state index is 0.347. The van der Waals surface area contributed by atoms with Crippen molar-refractivity contribution >= 4 is 5.97 Å². The minimum Gasteiger partial charge on any atom is -0.462 e. The Morgan fingerprint density at radius 1 is 1.47 bits per heavy atom. The van der Waals surface area contributed by atoms with Crippen LogP contribution in [0.25, 0.3) is 0 Å². The quantitative estimate of drug-likeness (QED) is 0.748. The molecule has 0 unspecified atom stereocenters. The summed E-state index contributed by atoms with van der Waals surface area (Å²) in [7, 11) is 0. The highest BCUT2D eigenvalue weighted by Gasteiger charge is 2.09. The van der Waals surface area contributed by atoms with Crippen molar-refractivity contribution in [2.24, 2.45) is 0 Å². The van der Waals surface area contributed by atoms with Gasteiger partial charge in [0.1, 0.15) is 0 Å². The Labute approximate surface area is 99.1 Å². The van der Waals surface area contributed by atoms with E-state index in [1.54, 1.807) is 24.0 Å². The van der Waals surface area contributed by atoms with Crippen molar-refractivity contribution in [1.82, 2.24) is 14.8 Å². The highest BCUT2D eigenvalue weighted by Crippen LogP contribution is 2.03. The first-order chi connectivity index (χ1) is 8.29. The molecule has 0 aliphatic carbocycles. The van der Waals surface area contributed by atoms with Gasteiger partial charge in [-0.15, -0.1) is 0 Å². The van der Waals surface area contributed by atoms with E-state index in [-0.39, 0.29) is 5.97 Å². The normalized spacial score (nSPS) is 10.2. The summed E-state index contributed by atoms with van der Waals surface area (Å²) in [6, 6.07) is 5.68. The molecule has 0 atom stereocenters. The first-order valence-electron chi connectivity index (χ1n) is 5.39. The van der Waals surface area contributed by atoms with Crippen LogP contribution in [0.5, 0.6) is 0 Å². The van der Waals surface area contributed by atoms with Crippen LogP contribution < -0.4 is 0 Å². The molecule has 0 bridgehead atoms. The van der Waals surface area contributed by atoms with Crippen molar-refractivity contribution in [3.63, 3.8) is 0 Å². The van der Waals surface area contributed by atoms with Gasteiger partial charge in [-0.3, -0.25) is 9.67 Å². The SMILES string of the molecule is CCOC(=O)c1cnn(Cc2ccccn2)c1. The molecule has 0 radical (unpaired) electrons. The van der Waals surface area contributed by atoms with E-state index < -0.39 is 0 Å². The van der Waals surface area contributed by atoms with E-state index in [4.69, 9.17) is 4.74 Å². The third kappa shape index (κ3) is 2.90. The molecular weight excluding hydrogens is 218 g/mol. The van der Waals surface area contributed by atoms with E-state index in [0.29, 0.717) is 18.7 Å². The lowest BCUT2D eigenvalue weighted by atomic mass is 10.3. The second kappa shape index (κ2) is 5.25. The Morgan fingerprint density at radius 3 is 3.06 bits per heavy atom. The lowest BCUT2D eigenvalue weighted by Gasteiger charge is -2.00. The van der Waals surface area contributed by atoms with Crippen LogP contribution in [-0.2, 0) is 11.3 Å². The fraction of sp³-hybridized carbons (Fsp3) is 0.250. The predicted molar refractivity (Wildman–Crippen MR) is 61.5 cm³/mol. The van der Waals surface area contributed by atoms with Crippen LogP contribution in [0.1, 0.15) is 23.0 Å². The molecule has 0 saturated heterocycles. The molecule has 5 heteroatoms. The maximum atomic E-state index is 11.4. The van der Waals surface area contributed by atoms with Gasteiger partial charge in [0.05, 0.1) is 30.6 Å². The van der Waals surface area contributed by atoms with Gasteiger partial charge >= 0.3 is 5.97 Å². The van der Waals surface area contributed by atoms with Gasteiger partial charge in [0.15, 0.2) is 0 Å². The van der Waals surface area contributed by atoms with E-state index in [1.807, 2.05) is 18.2 Å². The summed E-state index contributed by atoms with van der Waals surface area (Å²) in [5, 5.41) is 4.09. The second-order valence-electron chi connectivity index (χ2n) is 3.47. The van der Waals surface area contributed by atoms with Gasteiger partial charge in [-0.25, -0.2) is 4.79 Å². The molecule has 88 valence electrons. The smallest absolute Gasteiger partial charge is 0.341 e. The third-order valence-corrected chi connectivity index (χ3v) is 2.19. The van der Waals surface area contributed by atoms with Crippen LogP contribution in [0.15, 0.2) is 36.8 Å². The number of rotatable bonds is 4. The van der Waals surface area contributed by atoms with Gasteiger partial charge < -0.3 is 4.74 Å². The predicted octanol–water partition coefficient (Wildman–Crippen LogP) is 1.50. The molecular formula is C12H13N3O2. The molecule has 0 aliphatic heterocycles. The number of esters is 1. The van der Waals surface area contributed by atoms with Gasteiger partial charge in [0.25, 0.3) is 0 Å². The Balaban J connectivity index is 2.06. The molecule has 0 spiro atoms. The fourth-order valence-corrected chi connectivity index (χ4v) is 1.43. The molecule has 0 fully saturated rings. The lowest BCUT2D eigenvalue weighted by molar-refractivity contribution is 0.0526. The van der Waals surface area contributed by atoms with Crippen molar-refractivity contribution in [3.05, 3.63) is 48.0 Å². The molecule has 0 amide bonds. The molecule has 2 rings (SSSR count). The second-order valence-corrected chi connectivity index (χ2v) is 3.47. The fourth-order valence-electron chi connectivity index (χ4n) is 1.43. The summed E-state index contributed by atoms with van der Waals surface area (Å²) in [6.07, 6.45) is 4.89. The van der Waals surface area contributed by atoms with E-state index >= 15 is 0 Å². The van der Waals surface area contributed by atoms with Crippen LogP contribution in [-0.4, -0.2) is 27.3 Å². The van der Waals surface area contributed by atoms with Crippen LogP contribution in [0.3, 0.4) is 0 Å². The van der Waals surface area contributed by atoms with E-state index in [1.165, 1.54) is 6.20 Å². The molecule has 2 heterocycles.